The number of hydrogen-bond acceptors (Lipinski definition) is 3. The van der Waals surface area contributed by atoms with E-state index in [1.54, 1.807) is 19.1 Å². The minimum absolute atomic E-state index is 0.125. The van der Waals surface area contributed by atoms with Crippen molar-refractivity contribution in [2.24, 2.45) is 10.1 Å². The summed E-state index contributed by atoms with van der Waals surface area (Å²) in [5.41, 5.74) is 3.12. The van der Waals surface area contributed by atoms with Gasteiger partial charge in [-0.25, -0.2) is 4.99 Å². The molecule has 0 aliphatic heterocycles. The number of rotatable bonds is 4. The summed E-state index contributed by atoms with van der Waals surface area (Å²) >= 11 is 0. The summed E-state index contributed by atoms with van der Waals surface area (Å²) in [5, 5.41) is 15.1. The molecule has 5 heteroatoms. The van der Waals surface area contributed by atoms with Gasteiger partial charge in [0.1, 0.15) is 0 Å². The first-order valence-corrected chi connectivity index (χ1v) is 7.26. The third kappa shape index (κ3) is 5.07. The minimum atomic E-state index is -0.166. The van der Waals surface area contributed by atoms with Crippen molar-refractivity contribution in [3.05, 3.63) is 65.7 Å². The number of nitrogens with zero attached hydrogens (tertiary/aromatic N) is 2. The van der Waals surface area contributed by atoms with Gasteiger partial charge < -0.3 is 10.5 Å². The third-order valence-electron chi connectivity index (χ3n) is 3.18. The summed E-state index contributed by atoms with van der Waals surface area (Å²) in [4.78, 5) is 16.2. The highest BCUT2D eigenvalue weighted by molar-refractivity contribution is 6.12. The maximum absolute atomic E-state index is 12.0. The molecule has 0 heterocycles. The second-order valence-electron chi connectivity index (χ2n) is 5.23. The molecule has 0 unspecified atom stereocenters. The quantitative estimate of drug-likeness (QED) is 0.392. The Hall–Kier alpha value is -2.95. The molecule has 0 bridgehead atoms. The number of amidine groups is 1. The number of aliphatic imine (C=N–C) groups is 1. The van der Waals surface area contributed by atoms with Crippen LogP contribution in [-0.2, 0) is 4.79 Å². The molecule has 0 aliphatic rings. The van der Waals surface area contributed by atoms with Crippen molar-refractivity contribution in [3.8, 4) is 0 Å². The Bertz CT molecular complexity index is 720. The lowest BCUT2D eigenvalue weighted by Gasteiger charge is -2.06. The molecule has 0 saturated heterocycles. The van der Waals surface area contributed by atoms with Gasteiger partial charge >= 0.3 is 0 Å². The van der Waals surface area contributed by atoms with Crippen LogP contribution in [-0.4, -0.2) is 22.7 Å². The first-order chi connectivity index (χ1) is 11.1. The highest BCUT2D eigenvalue weighted by atomic mass is 16.4. The summed E-state index contributed by atoms with van der Waals surface area (Å²) in [6.07, 6.45) is 0.125. The zero-order chi connectivity index (χ0) is 16.7. The Labute approximate surface area is 135 Å². The van der Waals surface area contributed by atoms with Crippen LogP contribution in [0.5, 0.6) is 0 Å². The lowest BCUT2D eigenvalue weighted by Crippen LogP contribution is -2.16. The summed E-state index contributed by atoms with van der Waals surface area (Å²) in [6, 6.07) is 16.7. The van der Waals surface area contributed by atoms with Crippen LogP contribution in [0.25, 0.3) is 0 Å². The molecule has 2 aromatic carbocycles. The molecule has 2 rings (SSSR count). The van der Waals surface area contributed by atoms with Crippen molar-refractivity contribution < 1.29 is 10.0 Å². The van der Waals surface area contributed by atoms with Crippen LogP contribution in [0.3, 0.4) is 0 Å². The van der Waals surface area contributed by atoms with Crippen molar-refractivity contribution in [1.82, 2.24) is 0 Å². The van der Waals surface area contributed by atoms with Gasteiger partial charge in [0.25, 0.3) is 0 Å². The molecule has 0 saturated carbocycles. The number of carbonyl (C=O) groups excluding carboxylic acids is 1. The zero-order valence-corrected chi connectivity index (χ0v) is 13.2. The number of anilines is 1. The molecule has 0 spiro atoms. The molecule has 0 aromatic heterocycles. The van der Waals surface area contributed by atoms with Crippen LogP contribution in [0, 0.1) is 6.92 Å². The van der Waals surface area contributed by atoms with Crippen LogP contribution < -0.4 is 5.32 Å². The van der Waals surface area contributed by atoms with E-state index < -0.39 is 0 Å². The zero-order valence-electron chi connectivity index (χ0n) is 13.2. The maximum Gasteiger partial charge on any atom is 0.230 e. The maximum atomic E-state index is 12.0. The smallest absolute Gasteiger partial charge is 0.230 e. The normalized spacial score (nSPS) is 12.1. The van der Waals surface area contributed by atoms with Gasteiger partial charge in [-0.1, -0.05) is 53.2 Å². The number of hydrogen-bond donors (Lipinski definition) is 2. The molecule has 0 radical (unpaired) electrons. The van der Waals surface area contributed by atoms with Crippen molar-refractivity contribution in [3.63, 3.8) is 0 Å². The summed E-state index contributed by atoms with van der Waals surface area (Å²) in [6.45, 7) is 3.71. The molecule has 118 valence electrons. The Balaban J connectivity index is 2.01. The second kappa shape index (κ2) is 7.89. The van der Waals surface area contributed by atoms with E-state index in [4.69, 9.17) is 5.21 Å². The predicted octanol–water partition coefficient (Wildman–Crippen LogP) is 3.62. The van der Waals surface area contributed by atoms with Gasteiger partial charge in [-0.3, -0.25) is 4.79 Å². The molecular formula is C18H19N3O2. The van der Waals surface area contributed by atoms with Crippen molar-refractivity contribution >= 4 is 23.1 Å². The summed E-state index contributed by atoms with van der Waals surface area (Å²) < 4.78 is 0. The van der Waals surface area contributed by atoms with E-state index in [0.717, 1.165) is 11.3 Å². The molecule has 0 atom stereocenters. The molecule has 2 aromatic rings. The predicted molar refractivity (Wildman–Crippen MR) is 92.3 cm³/mol. The average molecular weight is 309 g/mol. The van der Waals surface area contributed by atoms with E-state index in [1.165, 1.54) is 0 Å². The van der Waals surface area contributed by atoms with Gasteiger partial charge in [0.05, 0.1) is 6.42 Å². The average Bonchev–Trinajstić information content (AvgIpc) is 2.55. The van der Waals surface area contributed by atoms with Crippen molar-refractivity contribution in [2.45, 2.75) is 20.3 Å². The number of oxime groups is 1. The summed E-state index contributed by atoms with van der Waals surface area (Å²) in [5.74, 6) is 0.0201. The monoisotopic (exact) mass is 309 g/mol. The summed E-state index contributed by atoms with van der Waals surface area (Å²) in [7, 11) is 0. The largest absolute Gasteiger partial charge is 0.409 e. The Kier molecular flexibility index (Phi) is 5.63. The SMILES string of the molecule is CC(CC(=O)Nc1ccc(C)cc1)=N/C(=N\O)c1ccccc1. The molecule has 2 N–H and O–H groups in total. The first kappa shape index (κ1) is 16.4. The molecule has 23 heavy (non-hydrogen) atoms. The number of carbonyl (C=O) groups is 1. The minimum Gasteiger partial charge on any atom is -0.409 e. The van der Waals surface area contributed by atoms with Crippen LogP contribution in [0.15, 0.2) is 64.7 Å². The van der Waals surface area contributed by atoms with Gasteiger partial charge in [-0.15, -0.1) is 0 Å². The second-order valence-corrected chi connectivity index (χ2v) is 5.23. The van der Waals surface area contributed by atoms with Crippen molar-refractivity contribution in [2.75, 3.05) is 5.32 Å². The van der Waals surface area contributed by atoms with Gasteiger partial charge in [-0.2, -0.15) is 0 Å². The number of aryl methyl sites for hydroxylation is 1. The van der Waals surface area contributed by atoms with E-state index in [2.05, 4.69) is 15.5 Å². The van der Waals surface area contributed by atoms with E-state index in [-0.39, 0.29) is 18.2 Å². The number of amides is 1. The Morgan fingerprint density at radius 1 is 1.09 bits per heavy atom. The molecule has 1 amide bonds. The number of benzene rings is 2. The highest BCUT2D eigenvalue weighted by Crippen LogP contribution is 2.09. The molecular weight excluding hydrogens is 290 g/mol. The Morgan fingerprint density at radius 3 is 2.35 bits per heavy atom. The molecule has 0 fully saturated rings. The standard InChI is InChI=1S/C18H19N3O2/c1-13-8-10-16(11-9-13)20-17(22)12-14(2)19-18(21-23)15-6-4-3-5-7-15/h3-11,23H,12H2,1-2H3,(H,20,22)/b19-14?,21-18-. The van der Waals surface area contributed by atoms with Crippen LogP contribution in [0.1, 0.15) is 24.5 Å². The topological polar surface area (TPSA) is 74.0 Å². The van der Waals surface area contributed by atoms with Crippen molar-refractivity contribution in [1.29, 1.82) is 0 Å². The van der Waals surface area contributed by atoms with Crippen LogP contribution in [0.2, 0.25) is 0 Å². The first-order valence-electron chi connectivity index (χ1n) is 7.26. The fraction of sp³-hybridized carbons (Fsp3) is 0.167. The van der Waals surface area contributed by atoms with E-state index in [9.17, 15) is 4.79 Å². The van der Waals surface area contributed by atoms with Crippen LogP contribution in [0.4, 0.5) is 5.69 Å². The van der Waals surface area contributed by atoms with E-state index in [1.807, 2.05) is 49.4 Å². The van der Waals surface area contributed by atoms with E-state index >= 15 is 0 Å². The fourth-order valence-electron chi connectivity index (χ4n) is 2.03. The third-order valence-corrected chi connectivity index (χ3v) is 3.18. The lowest BCUT2D eigenvalue weighted by atomic mass is 10.2. The highest BCUT2D eigenvalue weighted by Gasteiger charge is 2.07. The van der Waals surface area contributed by atoms with Gasteiger partial charge in [-0.05, 0) is 26.0 Å². The van der Waals surface area contributed by atoms with Gasteiger partial charge in [0.15, 0.2) is 5.84 Å². The molecule has 0 aliphatic carbocycles. The van der Waals surface area contributed by atoms with Gasteiger partial charge in [0, 0.05) is 17.0 Å². The number of nitrogens with one attached hydrogen (secondary N) is 1. The fourth-order valence-corrected chi connectivity index (χ4v) is 2.03. The van der Waals surface area contributed by atoms with E-state index in [0.29, 0.717) is 11.3 Å². The lowest BCUT2D eigenvalue weighted by molar-refractivity contribution is -0.115. The van der Waals surface area contributed by atoms with Gasteiger partial charge in [0.2, 0.25) is 5.91 Å². The van der Waals surface area contributed by atoms with Crippen LogP contribution >= 0.6 is 0 Å². The molecule has 5 nitrogen and oxygen atoms in total. The Morgan fingerprint density at radius 2 is 1.74 bits per heavy atom.